The lowest BCUT2D eigenvalue weighted by molar-refractivity contribution is 0.148. The molecule has 0 radical (unpaired) electrons. The van der Waals surface area contributed by atoms with Crippen LogP contribution >= 0.6 is 0 Å². The SMILES string of the molecule is COc1cc(O)c(F)c(CC2(O)CC2)c1OC. The van der Waals surface area contributed by atoms with E-state index < -0.39 is 17.2 Å². The average molecular weight is 242 g/mol. The minimum absolute atomic E-state index is 0.118. The van der Waals surface area contributed by atoms with Crippen molar-refractivity contribution in [3.8, 4) is 17.2 Å². The molecule has 2 rings (SSSR count). The van der Waals surface area contributed by atoms with Crippen LogP contribution in [0.3, 0.4) is 0 Å². The molecule has 0 bridgehead atoms. The molecule has 0 spiro atoms. The van der Waals surface area contributed by atoms with E-state index in [1.54, 1.807) is 0 Å². The zero-order valence-electron chi connectivity index (χ0n) is 9.79. The van der Waals surface area contributed by atoms with Crippen molar-refractivity contribution in [1.29, 1.82) is 0 Å². The van der Waals surface area contributed by atoms with Crippen LogP contribution in [0, 0.1) is 5.82 Å². The Labute approximate surface area is 98.6 Å². The van der Waals surface area contributed by atoms with Gasteiger partial charge in [0.2, 0.25) is 0 Å². The number of phenolic OH excluding ortho intramolecular Hbond substituents is 1. The van der Waals surface area contributed by atoms with Crippen molar-refractivity contribution in [1.82, 2.24) is 0 Å². The number of benzene rings is 1. The lowest BCUT2D eigenvalue weighted by Gasteiger charge is -2.16. The molecule has 0 aliphatic heterocycles. The predicted molar refractivity (Wildman–Crippen MR) is 59.1 cm³/mol. The number of hydrogen-bond donors (Lipinski definition) is 2. The van der Waals surface area contributed by atoms with Crippen molar-refractivity contribution in [3.63, 3.8) is 0 Å². The zero-order valence-corrected chi connectivity index (χ0v) is 9.79. The highest BCUT2D eigenvalue weighted by Crippen LogP contribution is 2.45. The summed E-state index contributed by atoms with van der Waals surface area (Å²) in [7, 11) is 2.81. The van der Waals surface area contributed by atoms with E-state index in [-0.39, 0.29) is 23.5 Å². The topological polar surface area (TPSA) is 58.9 Å². The van der Waals surface area contributed by atoms with Gasteiger partial charge in [-0.25, -0.2) is 4.39 Å². The molecule has 0 amide bonds. The van der Waals surface area contributed by atoms with Crippen molar-refractivity contribution >= 4 is 0 Å². The van der Waals surface area contributed by atoms with Crippen molar-refractivity contribution in [3.05, 3.63) is 17.4 Å². The first-order valence-corrected chi connectivity index (χ1v) is 5.35. The standard InChI is InChI=1S/C12H15FO4/c1-16-9-5-8(14)10(13)7(11(9)17-2)6-12(15)3-4-12/h5,14-15H,3-4,6H2,1-2H3. The summed E-state index contributed by atoms with van der Waals surface area (Å²) >= 11 is 0. The number of aromatic hydroxyl groups is 1. The highest BCUT2D eigenvalue weighted by Gasteiger charge is 2.42. The molecular weight excluding hydrogens is 227 g/mol. The molecule has 2 N–H and O–H groups in total. The Hall–Kier alpha value is -1.49. The lowest BCUT2D eigenvalue weighted by atomic mass is 10.0. The molecule has 0 unspecified atom stereocenters. The Morgan fingerprint density at radius 3 is 2.47 bits per heavy atom. The van der Waals surface area contributed by atoms with E-state index in [9.17, 15) is 14.6 Å². The third-order valence-corrected chi connectivity index (χ3v) is 3.01. The number of halogens is 1. The van der Waals surface area contributed by atoms with Crippen LogP contribution in [0.2, 0.25) is 0 Å². The number of phenols is 1. The highest BCUT2D eigenvalue weighted by molar-refractivity contribution is 5.53. The maximum absolute atomic E-state index is 13.8. The number of aliphatic hydroxyl groups is 1. The monoisotopic (exact) mass is 242 g/mol. The van der Waals surface area contributed by atoms with E-state index in [4.69, 9.17) is 9.47 Å². The summed E-state index contributed by atoms with van der Waals surface area (Å²) in [5.74, 6) is -0.779. The van der Waals surface area contributed by atoms with E-state index in [1.807, 2.05) is 0 Å². The first-order valence-electron chi connectivity index (χ1n) is 5.35. The largest absolute Gasteiger partial charge is 0.505 e. The van der Waals surface area contributed by atoms with Gasteiger partial charge in [-0.3, -0.25) is 0 Å². The van der Waals surface area contributed by atoms with E-state index in [1.165, 1.54) is 14.2 Å². The number of methoxy groups -OCH3 is 2. The van der Waals surface area contributed by atoms with Crippen LogP contribution in [0.4, 0.5) is 4.39 Å². The summed E-state index contributed by atoms with van der Waals surface area (Å²) in [6.07, 6.45) is 1.38. The number of rotatable bonds is 4. The molecule has 1 aromatic rings. The van der Waals surface area contributed by atoms with Crippen LogP contribution in [0.1, 0.15) is 18.4 Å². The third-order valence-electron chi connectivity index (χ3n) is 3.01. The first kappa shape index (κ1) is 12.0. The summed E-state index contributed by atoms with van der Waals surface area (Å²) in [5, 5.41) is 19.3. The fourth-order valence-electron chi connectivity index (χ4n) is 1.84. The molecule has 4 nitrogen and oxygen atoms in total. The molecule has 0 aromatic heterocycles. The van der Waals surface area contributed by atoms with E-state index in [2.05, 4.69) is 0 Å². The van der Waals surface area contributed by atoms with Crippen molar-refractivity contribution in [2.24, 2.45) is 0 Å². The maximum Gasteiger partial charge on any atom is 0.172 e. The molecule has 0 saturated heterocycles. The van der Waals surface area contributed by atoms with Crippen LogP contribution in [-0.4, -0.2) is 30.0 Å². The Kier molecular flexibility index (Phi) is 2.87. The highest BCUT2D eigenvalue weighted by atomic mass is 19.1. The molecule has 1 aromatic carbocycles. The minimum Gasteiger partial charge on any atom is -0.505 e. The van der Waals surface area contributed by atoms with Crippen molar-refractivity contribution in [2.75, 3.05) is 14.2 Å². The fraction of sp³-hybridized carbons (Fsp3) is 0.500. The molecule has 1 aliphatic carbocycles. The van der Waals surface area contributed by atoms with Gasteiger partial charge in [0.05, 0.1) is 19.8 Å². The van der Waals surface area contributed by atoms with Gasteiger partial charge < -0.3 is 19.7 Å². The fourth-order valence-corrected chi connectivity index (χ4v) is 1.84. The van der Waals surface area contributed by atoms with Gasteiger partial charge in [0, 0.05) is 18.1 Å². The second-order valence-electron chi connectivity index (χ2n) is 4.32. The van der Waals surface area contributed by atoms with Crippen LogP contribution in [-0.2, 0) is 6.42 Å². The second-order valence-corrected chi connectivity index (χ2v) is 4.32. The number of hydrogen-bond acceptors (Lipinski definition) is 4. The summed E-state index contributed by atoms with van der Waals surface area (Å²) in [6.45, 7) is 0. The molecule has 0 atom stereocenters. The Morgan fingerprint density at radius 1 is 1.35 bits per heavy atom. The smallest absolute Gasteiger partial charge is 0.172 e. The van der Waals surface area contributed by atoms with Gasteiger partial charge in [-0.2, -0.15) is 0 Å². The predicted octanol–water partition coefficient (Wildman–Crippen LogP) is 1.62. The molecule has 94 valence electrons. The van der Waals surface area contributed by atoms with Gasteiger partial charge in [-0.1, -0.05) is 0 Å². The Morgan fingerprint density at radius 2 is 2.00 bits per heavy atom. The zero-order chi connectivity index (χ0) is 12.6. The van der Waals surface area contributed by atoms with Gasteiger partial charge in [-0.15, -0.1) is 0 Å². The van der Waals surface area contributed by atoms with Gasteiger partial charge in [0.1, 0.15) is 0 Å². The first-order chi connectivity index (χ1) is 8.00. The van der Waals surface area contributed by atoms with Gasteiger partial charge in [0.15, 0.2) is 23.1 Å². The van der Waals surface area contributed by atoms with Gasteiger partial charge in [-0.05, 0) is 12.8 Å². The van der Waals surface area contributed by atoms with Gasteiger partial charge in [0.25, 0.3) is 0 Å². The Balaban J connectivity index is 2.48. The van der Waals surface area contributed by atoms with Gasteiger partial charge >= 0.3 is 0 Å². The molecule has 1 aliphatic rings. The van der Waals surface area contributed by atoms with E-state index in [0.717, 1.165) is 6.07 Å². The van der Waals surface area contributed by atoms with Crippen LogP contribution < -0.4 is 9.47 Å². The average Bonchev–Trinajstić information content (AvgIpc) is 3.02. The normalized spacial score (nSPS) is 16.7. The van der Waals surface area contributed by atoms with Crippen molar-refractivity contribution < 1.29 is 24.1 Å². The van der Waals surface area contributed by atoms with E-state index >= 15 is 0 Å². The van der Waals surface area contributed by atoms with Crippen molar-refractivity contribution in [2.45, 2.75) is 24.9 Å². The summed E-state index contributed by atoms with van der Waals surface area (Å²) in [4.78, 5) is 0. The molecule has 1 saturated carbocycles. The summed E-state index contributed by atoms with van der Waals surface area (Å²) < 4.78 is 23.9. The van der Waals surface area contributed by atoms with E-state index in [0.29, 0.717) is 12.8 Å². The minimum atomic E-state index is -0.868. The van der Waals surface area contributed by atoms with Crippen LogP contribution in [0.25, 0.3) is 0 Å². The third kappa shape index (κ3) is 2.15. The molecule has 5 heteroatoms. The quantitative estimate of drug-likeness (QED) is 0.842. The summed E-state index contributed by atoms with van der Waals surface area (Å²) in [5.41, 5.74) is -0.711. The maximum atomic E-state index is 13.8. The lowest BCUT2D eigenvalue weighted by Crippen LogP contribution is -2.13. The number of ether oxygens (including phenoxy) is 2. The van der Waals surface area contributed by atoms with Crippen LogP contribution in [0.5, 0.6) is 17.2 Å². The second kappa shape index (κ2) is 4.07. The molecule has 17 heavy (non-hydrogen) atoms. The molecule has 1 fully saturated rings. The summed E-state index contributed by atoms with van der Waals surface area (Å²) in [6, 6.07) is 1.16. The molecular formula is C12H15FO4. The molecule has 0 heterocycles. The Bertz CT molecular complexity index is 441. The van der Waals surface area contributed by atoms with Crippen LogP contribution in [0.15, 0.2) is 6.07 Å².